The molecule has 0 bridgehead atoms. The van der Waals surface area contributed by atoms with Crippen molar-refractivity contribution in [2.24, 2.45) is 5.92 Å². The number of rotatable bonds is 7. The predicted octanol–water partition coefficient (Wildman–Crippen LogP) is 2.37. The number of nitrogens with one attached hydrogen (secondary N) is 1. The van der Waals surface area contributed by atoms with Crippen LogP contribution in [0.25, 0.3) is 0 Å². The first-order chi connectivity index (χ1) is 9.00. The van der Waals surface area contributed by atoms with Crippen molar-refractivity contribution in [1.82, 2.24) is 5.32 Å². The summed E-state index contributed by atoms with van der Waals surface area (Å²) < 4.78 is 5.44. The number of anilines is 1. The number of ether oxygens (including phenoxy) is 1. The van der Waals surface area contributed by atoms with Gasteiger partial charge in [-0.05, 0) is 43.0 Å². The van der Waals surface area contributed by atoms with Crippen molar-refractivity contribution in [3.63, 3.8) is 0 Å². The van der Waals surface area contributed by atoms with Gasteiger partial charge in [0.05, 0.1) is 6.61 Å². The van der Waals surface area contributed by atoms with Gasteiger partial charge in [0.1, 0.15) is 0 Å². The molecule has 1 aromatic carbocycles. The number of carbonyl (C=O) groups excluding carboxylic acids is 1. The van der Waals surface area contributed by atoms with E-state index in [9.17, 15) is 4.79 Å². The molecule has 0 aromatic heterocycles. The van der Waals surface area contributed by atoms with Crippen molar-refractivity contribution in [2.75, 3.05) is 25.5 Å². The van der Waals surface area contributed by atoms with Crippen molar-refractivity contribution in [1.29, 1.82) is 0 Å². The quantitative estimate of drug-likeness (QED) is 0.587. The van der Waals surface area contributed by atoms with Crippen molar-refractivity contribution < 1.29 is 9.53 Å². The van der Waals surface area contributed by atoms with Gasteiger partial charge in [0, 0.05) is 24.4 Å². The molecule has 1 rings (SSSR count). The lowest BCUT2D eigenvalue weighted by Gasteiger charge is -2.08. The van der Waals surface area contributed by atoms with E-state index in [1.165, 1.54) is 0 Å². The van der Waals surface area contributed by atoms with E-state index in [4.69, 9.17) is 10.5 Å². The number of nitrogen functional groups attached to an aromatic ring is 1. The van der Waals surface area contributed by atoms with E-state index < -0.39 is 0 Å². The zero-order valence-electron chi connectivity index (χ0n) is 12.0. The van der Waals surface area contributed by atoms with Crippen LogP contribution < -0.4 is 11.1 Å². The number of aryl methyl sites for hydroxylation is 1. The van der Waals surface area contributed by atoms with Crippen LogP contribution >= 0.6 is 0 Å². The first kappa shape index (κ1) is 15.5. The minimum absolute atomic E-state index is 0.0874. The Hall–Kier alpha value is -1.55. The van der Waals surface area contributed by atoms with Gasteiger partial charge in [0.15, 0.2) is 0 Å². The Morgan fingerprint density at radius 1 is 1.37 bits per heavy atom. The third-order valence-electron chi connectivity index (χ3n) is 2.90. The molecule has 0 aliphatic rings. The third kappa shape index (κ3) is 5.75. The molecule has 19 heavy (non-hydrogen) atoms. The smallest absolute Gasteiger partial charge is 0.251 e. The van der Waals surface area contributed by atoms with E-state index in [2.05, 4.69) is 19.2 Å². The lowest BCUT2D eigenvalue weighted by molar-refractivity contribution is 0.0906. The van der Waals surface area contributed by atoms with Crippen molar-refractivity contribution in [3.8, 4) is 0 Å². The van der Waals surface area contributed by atoms with Crippen LogP contribution in [0, 0.1) is 12.8 Å². The van der Waals surface area contributed by atoms with Crippen LogP contribution in [0.3, 0.4) is 0 Å². The average molecular weight is 264 g/mol. The zero-order valence-corrected chi connectivity index (χ0v) is 12.0. The van der Waals surface area contributed by atoms with Crippen LogP contribution in [0.15, 0.2) is 18.2 Å². The lowest BCUT2D eigenvalue weighted by Crippen LogP contribution is -2.27. The number of hydrogen-bond acceptors (Lipinski definition) is 3. The van der Waals surface area contributed by atoms with Gasteiger partial charge in [-0.3, -0.25) is 4.79 Å². The van der Waals surface area contributed by atoms with Crippen molar-refractivity contribution >= 4 is 11.6 Å². The molecule has 0 unspecified atom stereocenters. The second-order valence-corrected chi connectivity index (χ2v) is 5.12. The summed E-state index contributed by atoms with van der Waals surface area (Å²) in [4.78, 5) is 11.8. The van der Waals surface area contributed by atoms with E-state index in [1.807, 2.05) is 6.92 Å². The lowest BCUT2D eigenvalue weighted by atomic mass is 10.1. The van der Waals surface area contributed by atoms with Gasteiger partial charge in [-0.15, -0.1) is 0 Å². The van der Waals surface area contributed by atoms with Crippen LogP contribution in [0.5, 0.6) is 0 Å². The fraction of sp³-hybridized carbons (Fsp3) is 0.533. The van der Waals surface area contributed by atoms with Crippen LogP contribution in [-0.4, -0.2) is 25.7 Å². The molecule has 0 atom stereocenters. The second-order valence-electron chi connectivity index (χ2n) is 5.12. The van der Waals surface area contributed by atoms with Gasteiger partial charge in [-0.1, -0.05) is 13.8 Å². The molecular weight excluding hydrogens is 240 g/mol. The van der Waals surface area contributed by atoms with E-state index in [-0.39, 0.29) is 5.91 Å². The first-order valence-corrected chi connectivity index (χ1v) is 6.72. The number of hydrogen-bond donors (Lipinski definition) is 2. The fourth-order valence-electron chi connectivity index (χ4n) is 1.58. The molecule has 4 nitrogen and oxygen atoms in total. The van der Waals surface area contributed by atoms with Gasteiger partial charge in [0.2, 0.25) is 0 Å². The monoisotopic (exact) mass is 264 g/mol. The van der Waals surface area contributed by atoms with Gasteiger partial charge in [0.25, 0.3) is 5.91 Å². The van der Waals surface area contributed by atoms with Crippen LogP contribution in [-0.2, 0) is 4.74 Å². The molecule has 0 saturated heterocycles. The summed E-state index contributed by atoms with van der Waals surface area (Å²) in [5, 5.41) is 2.83. The molecule has 0 aliphatic carbocycles. The number of benzene rings is 1. The Labute approximate surface area is 115 Å². The maximum absolute atomic E-state index is 11.8. The zero-order chi connectivity index (χ0) is 14.3. The van der Waals surface area contributed by atoms with Crippen LogP contribution in [0.1, 0.15) is 36.2 Å². The third-order valence-corrected chi connectivity index (χ3v) is 2.90. The number of nitrogens with two attached hydrogens (primary N) is 1. The Morgan fingerprint density at radius 2 is 2.11 bits per heavy atom. The highest BCUT2D eigenvalue weighted by atomic mass is 16.5. The van der Waals surface area contributed by atoms with E-state index in [1.54, 1.807) is 18.2 Å². The van der Waals surface area contributed by atoms with E-state index in [0.29, 0.717) is 30.3 Å². The molecule has 0 spiro atoms. The molecule has 0 heterocycles. The number of carbonyl (C=O) groups is 1. The Balaban J connectivity index is 2.26. The predicted molar refractivity (Wildman–Crippen MR) is 78.2 cm³/mol. The Bertz CT molecular complexity index is 417. The maximum atomic E-state index is 11.8. The summed E-state index contributed by atoms with van der Waals surface area (Å²) in [6.07, 6.45) is 1.05. The standard InChI is InChI=1S/C15H24N2O2/c1-11(2)6-8-19-9-7-17-15(18)13-4-5-14(16)12(3)10-13/h4-5,10-11H,6-9,16H2,1-3H3,(H,17,18). The van der Waals surface area contributed by atoms with E-state index in [0.717, 1.165) is 18.6 Å². The van der Waals surface area contributed by atoms with E-state index >= 15 is 0 Å². The SMILES string of the molecule is Cc1cc(C(=O)NCCOCCC(C)C)ccc1N. The number of amides is 1. The highest BCUT2D eigenvalue weighted by Gasteiger charge is 2.05. The highest BCUT2D eigenvalue weighted by molar-refractivity contribution is 5.94. The normalized spacial score (nSPS) is 10.7. The second kappa shape index (κ2) is 7.79. The average Bonchev–Trinajstić information content (AvgIpc) is 2.36. The molecule has 4 heteroatoms. The molecule has 3 N–H and O–H groups in total. The molecule has 1 aromatic rings. The van der Waals surface area contributed by atoms with Crippen LogP contribution in [0.2, 0.25) is 0 Å². The minimum Gasteiger partial charge on any atom is -0.399 e. The minimum atomic E-state index is -0.0874. The maximum Gasteiger partial charge on any atom is 0.251 e. The summed E-state index contributed by atoms with van der Waals surface area (Å²) in [5.74, 6) is 0.558. The van der Waals surface area contributed by atoms with Crippen molar-refractivity contribution in [3.05, 3.63) is 29.3 Å². The van der Waals surface area contributed by atoms with Gasteiger partial charge in [-0.25, -0.2) is 0 Å². The van der Waals surface area contributed by atoms with Gasteiger partial charge < -0.3 is 15.8 Å². The largest absolute Gasteiger partial charge is 0.399 e. The molecule has 1 amide bonds. The Morgan fingerprint density at radius 3 is 2.74 bits per heavy atom. The van der Waals surface area contributed by atoms with Gasteiger partial charge in [-0.2, -0.15) is 0 Å². The topological polar surface area (TPSA) is 64.3 Å². The molecule has 106 valence electrons. The van der Waals surface area contributed by atoms with Gasteiger partial charge >= 0.3 is 0 Å². The molecule has 0 saturated carbocycles. The van der Waals surface area contributed by atoms with Crippen molar-refractivity contribution in [2.45, 2.75) is 27.2 Å². The molecule has 0 radical (unpaired) electrons. The molecule has 0 fully saturated rings. The fourth-order valence-corrected chi connectivity index (χ4v) is 1.58. The summed E-state index contributed by atoms with van der Waals surface area (Å²) in [6.45, 7) is 8.03. The first-order valence-electron chi connectivity index (χ1n) is 6.72. The molecular formula is C15H24N2O2. The summed E-state index contributed by atoms with van der Waals surface area (Å²) in [7, 11) is 0. The molecule has 0 aliphatic heterocycles. The summed E-state index contributed by atoms with van der Waals surface area (Å²) in [6, 6.07) is 5.28. The Kier molecular flexibility index (Phi) is 6.36. The highest BCUT2D eigenvalue weighted by Crippen LogP contribution is 2.12. The summed E-state index contributed by atoms with van der Waals surface area (Å²) in [5.41, 5.74) is 7.97. The van der Waals surface area contributed by atoms with Crippen LogP contribution in [0.4, 0.5) is 5.69 Å². The summed E-state index contributed by atoms with van der Waals surface area (Å²) >= 11 is 0.